The molecular formula is C17H16O5Si. The fourth-order valence-corrected chi connectivity index (χ4v) is 2.13. The SMILES string of the molecule is C=C[SiH2]OC(OC(=O)c1ccccc1)OC(=O)c1ccccc1. The molecule has 0 saturated heterocycles. The molecule has 2 rings (SSSR count). The zero-order valence-corrected chi connectivity index (χ0v) is 13.8. The number of carbonyl (C=O) groups is 2. The minimum Gasteiger partial charge on any atom is -0.397 e. The van der Waals surface area contributed by atoms with E-state index in [9.17, 15) is 9.59 Å². The Bertz CT molecular complexity index is 604. The van der Waals surface area contributed by atoms with Crippen molar-refractivity contribution >= 4 is 21.7 Å². The molecule has 118 valence electrons. The summed E-state index contributed by atoms with van der Waals surface area (Å²) >= 11 is 0. The second kappa shape index (κ2) is 8.67. The summed E-state index contributed by atoms with van der Waals surface area (Å²) in [6.07, 6.45) is 0. The van der Waals surface area contributed by atoms with Gasteiger partial charge in [0.05, 0.1) is 11.1 Å². The average molecular weight is 328 g/mol. The smallest absolute Gasteiger partial charge is 0.355 e. The number of hydrogen-bond donors (Lipinski definition) is 0. The first kappa shape index (κ1) is 16.7. The number of carbonyl (C=O) groups excluding carboxylic acids is 2. The summed E-state index contributed by atoms with van der Waals surface area (Å²) in [6.45, 7) is 2.17. The Balaban J connectivity index is 2.03. The molecule has 0 unspecified atom stereocenters. The van der Waals surface area contributed by atoms with Gasteiger partial charge < -0.3 is 13.9 Å². The van der Waals surface area contributed by atoms with Gasteiger partial charge in [0, 0.05) is 0 Å². The van der Waals surface area contributed by atoms with Gasteiger partial charge in [-0.05, 0) is 24.3 Å². The fraction of sp³-hybridized carbons (Fsp3) is 0.0588. The zero-order valence-electron chi connectivity index (χ0n) is 12.4. The van der Waals surface area contributed by atoms with Crippen LogP contribution in [0.1, 0.15) is 20.7 Å². The van der Waals surface area contributed by atoms with Crippen molar-refractivity contribution in [3.05, 3.63) is 84.1 Å². The summed E-state index contributed by atoms with van der Waals surface area (Å²) in [5, 5.41) is 0. The van der Waals surface area contributed by atoms with Crippen molar-refractivity contribution in [1.29, 1.82) is 0 Å². The fourth-order valence-electron chi connectivity index (χ4n) is 1.70. The second-order valence-electron chi connectivity index (χ2n) is 4.45. The Labute approximate surface area is 136 Å². The molecule has 0 fully saturated rings. The van der Waals surface area contributed by atoms with E-state index in [4.69, 9.17) is 13.9 Å². The van der Waals surface area contributed by atoms with Crippen LogP contribution in [-0.2, 0) is 13.9 Å². The number of ether oxygens (including phenoxy) is 2. The lowest BCUT2D eigenvalue weighted by Crippen LogP contribution is -2.28. The lowest BCUT2D eigenvalue weighted by molar-refractivity contribution is -0.184. The quantitative estimate of drug-likeness (QED) is 0.443. The molecule has 0 aromatic heterocycles. The van der Waals surface area contributed by atoms with Gasteiger partial charge in [0.25, 0.3) is 0 Å². The van der Waals surface area contributed by atoms with Crippen LogP contribution in [0.4, 0.5) is 0 Å². The molecule has 0 spiro atoms. The molecule has 0 N–H and O–H groups in total. The molecule has 6 heteroatoms. The third-order valence-electron chi connectivity index (χ3n) is 2.78. The van der Waals surface area contributed by atoms with Crippen LogP contribution in [0.15, 0.2) is 72.9 Å². The molecule has 0 amide bonds. The molecule has 2 aromatic carbocycles. The van der Waals surface area contributed by atoms with Gasteiger partial charge in [-0.25, -0.2) is 9.59 Å². The third kappa shape index (κ3) is 5.21. The van der Waals surface area contributed by atoms with E-state index < -0.39 is 28.2 Å². The van der Waals surface area contributed by atoms with Crippen LogP contribution in [0.3, 0.4) is 0 Å². The largest absolute Gasteiger partial charge is 0.397 e. The van der Waals surface area contributed by atoms with Gasteiger partial charge in [-0.15, -0.1) is 6.58 Å². The average Bonchev–Trinajstić information content (AvgIpc) is 2.61. The Morgan fingerprint density at radius 3 is 1.70 bits per heavy atom. The van der Waals surface area contributed by atoms with Crippen LogP contribution in [-0.4, -0.2) is 28.2 Å². The van der Waals surface area contributed by atoms with Crippen molar-refractivity contribution in [3.8, 4) is 0 Å². The molecule has 0 radical (unpaired) electrons. The van der Waals surface area contributed by atoms with Gasteiger partial charge in [0.2, 0.25) is 0 Å². The van der Waals surface area contributed by atoms with Crippen molar-refractivity contribution < 1.29 is 23.5 Å². The standard InChI is InChI=1S/C17H16O5Si/c1-2-23-22-17(20-15(18)13-9-5-3-6-10-13)21-16(19)14-11-7-4-8-12-14/h2-12,17H,1,23H2. The van der Waals surface area contributed by atoms with Gasteiger partial charge in [-0.1, -0.05) is 42.1 Å². The second-order valence-corrected chi connectivity index (χ2v) is 5.70. The normalized spacial score (nSPS) is 10.7. The predicted molar refractivity (Wildman–Crippen MR) is 87.3 cm³/mol. The summed E-state index contributed by atoms with van der Waals surface area (Å²) in [4.78, 5) is 24.1. The summed E-state index contributed by atoms with van der Waals surface area (Å²) in [6, 6.07) is 16.8. The highest BCUT2D eigenvalue weighted by atomic mass is 28.2. The summed E-state index contributed by atoms with van der Waals surface area (Å²) < 4.78 is 15.5. The lowest BCUT2D eigenvalue weighted by Gasteiger charge is -2.18. The van der Waals surface area contributed by atoms with E-state index in [1.165, 1.54) is 0 Å². The van der Waals surface area contributed by atoms with E-state index in [1.807, 2.05) is 0 Å². The molecule has 0 atom stereocenters. The molecule has 0 saturated carbocycles. The molecule has 0 aliphatic heterocycles. The Hall–Kier alpha value is -2.70. The molecular weight excluding hydrogens is 312 g/mol. The number of hydrogen-bond acceptors (Lipinski definition) is 5. The summed E-state index contributed by atoms with van der Waals surface area (Å²) in [7, 11) is -1.16. The maximum Gasteiger partial charge on any atom is 0.355 e. The van der Waals surface area contributed by atoms with Gasteiger partial charge in [0.1, 0.15) is 0 Å². The Morgan fingerprint density at radius 2 is 1.30 bits per heavy atom. The van der Waals surface area contributed by atoms with Crippen LogP contribution < -0.4 is 0 Å². The topological polar surface area (TPSA) is 61.8 Å². The van der Waals surface area contributed by atoms with Crippen LogP contribution in [0, 0.1) is 0 Å². The van der Waals surface area contributed by atoms with Crippen molar-refractivity contribution in [1.82, 2.24) is 0 Å². The number of rotatable bonds is 7. The summed E-state index contributed by atoms with van der Waals surface area (Å²) in [5.74, 6) is -1.26. The highest BCUT2D eigenvalue weighted by Gasteiger charge is 2.21. The Morgan fingerprint density at radius 1 is 0.870 bits per heavy atom. The Kier molecular flexibility index (Phi) is 6.28. The van der Waals surface area contributed by atoms with Crippen molar-refractivity contribution in [3.63, 3.8) is 0 Å². The first-order chi connectivity index (χ1) is 11.2. The molecule has 0 heterocycles. The van der Waals surface area contributed by atoms with Gasteiger partial charge in [-0.3, -0.25) is 0 Å². The first-order valence-electron chi connectivity index (χ1n) is 6.95. The first-order valence-corrected chi connectivity index (χ1v) is 8.34. The highest BCUT2D eigenvalue weighted by Crippen LogP contribution is 2.09. The maximum absolute atomic E-state index is 12.0. The van der Waals surface area contributed by atoms with Crippen LogP contribution in [0.2, 0.25) is 0 Å². The van der Waals surface area contributed by atoms with E-state index in [0.29, 0.717) is 11.1 Å². The highest BCUT2D eigenvalue weighted by molar-refractivity contribution is 6.34. The predicted octanol–water partition coefficient (Wildman–Crippen LogP) is 2.23. The summed E-state index contributed by atoms with van der Waals surface area (Å²) in [5.41, 5.74) is 2.29. The molecule has 5 nitrogen and oxygen atoms in total. The van der Waals surface area contributed by atoms with Crippen LogP contribution >= 0.6 is 0 Å². The van der Waals surface area contributed by atoms with E-state index in [1.54, 1.807) is 66.4 Å². The van der Waals surface area contributed by atoms with E-state index >= 15 is 0 Å². The zero-order chi connectivity index (χ0) is 16.5. The third-order valence-corrected chi connectivity index (χ3v) is 3.48. The number of benzene rings is 2. The lowest BCUT2D eigenvalue weighted by atomic mass is 10.2. The van der Waals surface area contributed by atoms with Gasteiger partial charge in [0.15, 0.2) is 9.76 Å². The van der Waals surface area contributed by atoms with Crippen LogP contribution in [0.5, 0.6) is 0 Å². The van der Waals surface area contributed by atoms with Gasteiger partial charge >= 0.3 is 18.4 Å². The van der Waals surface area contributed by atoms with E-state index in [0.717, 1.165) is 0 Å². The maximum atomic E-state index is 12.0. The van der Waals surface area contributed by atoms with Crippen molar-refractivity contribution in [2.75, 3.05) is 0 Å². The van der Waals surface area contributed by atoms with Crippen LogP contribution in [0.25, 0.3) is 0 Å². The van der Waals surface area contributed by atoms with Crippen molar-refractivity contribution in [2.24, 2.45) is 0 Å². The molecule has 23 heavy (non-hydrogen) atoms. The minimum absolute atomic E-state index is 0.345. The molecule has 0 aliphatic carbocycles. The van der Waals surface area contributed by atoms with E-state index in [2.05, 4.69) is 6.58 Å². The van der Waals surface area contributed by atoms with Crippen molar-refractivity contribution in [2.45, 2.75) is 6.48 Å². The molecule has 0 aliphatic rings. The van der Waals surface area contributed by atoms with Gasteiger partial charge in [-0.2, -0.15) is 0 Å². The molecule has 0 bridgehead atoms. The minimum atomic E-state index is -1.39. The monoisotopic (exact) mass is 328 g/mol. The number of esters is 2. The molecule has 2 aromatic rings. The van der Waals surface area contributed by atoms with E-state index in [-0.39, 0.29) is 0 Å².